The summed E-state index contributed by atoms with van der Waals surface area (Å²) >= 11 is 0. The first kappa shape index (κ1) is 15.3. The van der Waals surface area contributed by atoms with Crippen molar-refractivity contribution in [1.29, 1.82) is 0 Å². The number of benzene rings is 1. The van der Waals surface area contributed by atoms with Gasteiger partial charge in [-0.1, -0.05) is 19.1 Å². The van der Waals surface area contributed by atoms with Gasteiger partial charge in [0.1, 0.15) is 4.90 Å². The molecule has 0 amide bonds. The molecule has 1 aromatic rings. The number of nitrogens with two attached hydrogens (primary N) is 1. The van der Waals surface area contributed by atoms with Crippen molar-refractivity contribution >= 4 is 15.7 Å². The number of rotatable bonds is 3. The lowest BCUT2D eigenvalue weighted by Gasteiger charge is -2.33. The maximum Gasteiger partial charge on any atom is 0.245 e. The number of anilines is 1. The molecule has 0 aliphatic carbocycles. The van der Waals surface area contributed by atoms with Gasteiger partial charge in [-0.25, -0.2) is 8.42 Å². The predicted octanol–water partition coefficient (Wildman–Crippen LogP) is 1.21. The minimum atomic E-state index is -3.50. The second-order valence-electron chi connectivity index (χ2n) is 5.28. The van der Waals surface area contributed by atoms with Crippen LogP contribution in [0.25, 0.3) is 0 Å². The van der Waals surface area contributed by atoms with Gasteiger partial charge in [-0.15, -0.1) is 0 Å². The second-order valence-corrected chi connectivity index (χ2v) is 7.16. The van der Waals surface area contributed by atoms with Crippen LogP contribution in [0.2, 0.25) is 0 Å². The van der Waals surface area contributed by atoms with Crippen molar-refractivity contribution in [3.8, 4) is 0 Å². The lowest BCUT2D eigenvalue weighted by molar-refractivity contribution is 0.196. The summed E-state index contributed by atoms with van der Waals surface area (Å²) in [6.07, 6.45) is 0. The molecule has 0 unspecified atom stereocenters. The third-order valence-corrected chi connectivity index (χ3v) is 6.09. The van der Waals surface area contributed by atoms with E-state index in [0.717, 1.165) is 25.2 Å². The van der Waals surface area contributed by atoms with Crippen molar-refractivity contribution < 1.29 is 8.42 Å². The Morgan fingerprint density at radius 2 is 1.65 bits per heavy atom. The maximum atomic E-state index is 12.8. The van der Waals surface area contributed by atoms with E-state index in [2.05, 4.69) is 11.8 Å². The zero-order chi connectivity index (χ0) is 14.9. The normalized spacial score (nSPS) is 18.4. The van der Waals surface area contributed by atoms with Gasteiger partial charge in [-0.3, -0.25) is 0 Å². The molecule has 0 aromatic heterocycles. The summed E-state index contributed by atoms with van der Waals surface area (Å²) < 4.78 is 27.2. The largest absolute Gasteiger partial charge is 0.397 e. The molecule has 1 saturated heterocycles. The molecule has 20 heavy (non-hydrogen) atoms. The standard InChI is InChI=1S/C14H23N3O2S/c1-4-16-7-9-17(10-8-16)20(18,19)14-12(3)6-5-11(2)13(14)15/h5-6H,4,7-10,15H2,1-3H3. The summed E-state index contributed by atoms with van der Waals surface area (Å²) in [6.45, 7) is 9.30. The van der Waals surface area contributed by atoms with Crippen LogP contribution < -0.4 is 5.73 Å². The Hall–Kier alpha value is -1.11. The molecule has 0 bridgehead atoms. The van der Waals surface area contributed by atoms with Gasteiger partial charge < -0.3 is 10.6 Å². The van der Waals surface area contributed by atoms with Gasteiger partial charge in [0.25, 0.3) is 0 Å². The summed E-state index contributed by atoms with van der Waals surface area (Å²) in [5.74, 6) is 0. The van der Waals surface area contributed by atoms with Crippen LogP contribution in [-0.4, -0.2) is 50.3 Å². The Kier molecular flexibility index (Phi) is 4.36. The Morgan fingerprint density at radius 1 is 1.10 bits per heavy atom. The van der Waals surface area contributed by atoms with Crippen LogP contribution in [0.4, 0.5) is 5.69 Å². The van der Waals surface area contributed by atoms with Gasteiger partial charge in [0.2, 0.25) is 10.0 Å². The van der Waals surface area contributed by atoms with Crippen LogP contribution in [-0.2, 0) is 10.0 Å². The molecule has 0 saturated carbocycles. The summed E-state index contributed by atoms with van der Waals surface area (Å²) in [6, 6.07) is 3.68. The van der Waals surface area contributed by atoms with Crippen molar-refractivity contribution in [3.05, 3.63) is 23.3 Å². The number of likely N-dealkylation sites (N-methyl/N-ethyl adjacent to an activating group) is 1. The van der Waals surface area contributed by atoms with Gasteiger partial charge in [0, 0.05) is 26.2 Å². The third kappa shape index (κ3) is 2.68. The van der Waals surface area contributed by atoms with E-state index in [9.17, 15) is 8.42 Å². The average molecular weight is 297 g/mol. The highest BCUT2D eigenvalue weighted by atomic mass is 32.2. The molecular weight excluding hydrogens is 274 g/mol. The van der Waals surface area contributed by atoms with Gasteiger partial charge in [-0.2, -0.15) is 4.31 Å². The monoisotopic (exact) mass is 297 g/mol. The van der Waals surface area contributed by atoms with Gasteiger partial charge in [0.15, 0.2) is 0 Å². The lowest BCUT2D eigenvalue weighted by Crippen LogP contribution is -2.48. The van der Waals surface area contributed by atoms with E-state index < -0.39 is 10.0 Å². The smallest absolute Gasteiger partial charge is 0.245 e. The first-order valence-electron chi connectivity index (χ1n) is 6.96. The molecule has 2 N–H and O–H groups in total. The van der Waals surface area contributed by atoms with Crippen LogP contribution in [0.15, 0.2) is 17.0 Å². The zero-order valence-corrected chi connectivity index (χ0v) is 13.2. The molecule has 0 radical (unpaired) electrons. The van der Waals surface area contributed by atoms with E-state index in [4.69, 9.17) is 5.73 Å². The van der Waals surface area contributed by atoms with Crippen LogP contribution in [0.1, 0.15) is 18.1 Å². The minimum absolute atomic E-state index is 0.280. The first-order chi connectivity index (χ1) is 9.37. The summed E-state index contributed by atoms with van der Waals surface area (Å²) in [5, 5.41) is 0. The fourth-order valence-electron chi connectivity index (χ4n) is 2.56. The number of sulfonamides is 1. The fourth-order valence-corrected chi connectivity index (χ4v) is 4.38. The topological polar surface area (TPSA) is 66.6 Å². The molecule has 6 heteroatoms. The third-order valence-electron chi connectivity index (χ3n) is 3.99. The lowest BCUT2D eigenvalue weighted by atomic mass is 10.1. The molecule has 1 aliphatic heterocycles. The van der Waals surface area contributed by atoms with Crippen molar-refractivity contribution in [2.75, 3.05) is 38.5 Å². The quantitative estimate of drug-likeness (QED) is 0.852. The molecule has 0 atom stereocenters. The first-order valence-corrected chi connectivity index (χ1v) is 8.40. The maximum absolute atomic E-state index is 12.8. The number of hydrogen-bond donors (Lipinski definition) is 1. The van der Waals surface area contributed by atoms with E-state index in [0.29, 0.717) is 24.3 Å². The molecule has 2 rings (SSSR count). The van der Waals surface area contributed by atoms with Crippen molar-refractivity contribution in [2.45, 2.75) is 25.7 Å². The molecule has 1 fully saturated rings. The number of nitrogen functional groups attached to an aromatic ring is 1. The molecule has 0 spiro atoms. The van der Waals surface area contributed by atoms with Crippen LogP contribution in [0.3, 0.4) is 0 Å². The van der Waals surface area contributed by atoms with E-state index in [1.807, 2.05) is 19.1 Å². The van der Waals surface area contributed by atoms with Crippen molar-refractivity contribution in [2.24, 2.45) is 0 Å². The number of hydrogen-bond acceptors (Lipinski definition) is 4. The van der Waals surface area contributed by atoms with Crippen LogP contribution >= 0.6 is 0 Å². The van der Waals surface area contributed by atoms with Gasteiger partial charge in [0.05, 0.1) is 5.69 Å². The average Bonchev–Trinajstić information content (AvgIpc) is 2.43. The molecule has 1 aliphatic rings. The highest BCUT2D eigenvalue weighted by molar-refractivity contribution is 7.89. The van der Waals surface area contributed by atoms with Crippen LogP contribution in [0.5, 0.6) is 0 Å². The highest BCUT2D eigenvalue weighted by Crippen LogP contribution is 2.29. The molecule has 1 heterocycles. The van der Waals surface area contributed by atoms with E-state index in [-0.39, 0.29) is 4.90 Å². The predicted molar refractivity (Wildman–Crippen MR) is 81.2 cm³/mol. The Labute approximate surface area is 121 Å². The number of aryl methyl sites for hydroxylation is 2. The van der Waals surface area contributed by atoms with E-state index in [1.54, 1.807) is 11.2 Å². The number of piperazine rings is 1. The van der Waals surface area contributed by atoms with Gasteiger partial charge >= 0.3 is 0 Å². The Morgan fingerprint density at radius 3 is 2.20 bits per heavy atom. The fraction of sp³-hybridized carbons (Fsp3) is 0.571. The Balaban J connectivity index is 2.35. The Bertz CT molecular complexity index is 591. The van der Waals surface area contributed by atoms with Gasteiger partial charge in [-0.05, 0) is 31.5 Å². The van der Waals surface area contributed by atoms with E-state index in [1.165, 1.54) is 0 Å². The van der Waals surface area contributed by atoms with Crippen LogP contribution in [0, 0.1) is 13.8 Å². The summed E-state index contributed by atoms with van der Waals surface area (Å²) in [7, 11) is -3.50. The molecule has 1 aromatic carbocycles. The zero-order valence-electron chi connectivity index (χ0n) is 12.4. The molecular formula is C14H23N3O2S. The molecule has 5 nitrogen and oxygen atoms in total. The second kappa shape index (κ2) is 5.71. The highest BCUT2D eigenvalue weighted by Gasteiger charge is 2.31. The molecule has 112 valence electrons. The van der Waals surface area contributed by atoms with E-state index >= 15 is 0 Å². The SMILES string of the molecule is CCN1CCN(S(=O)(=O)c2c(C)ccc(C)c2N)CC1. The minimum Gasteiger partial charge on any atom is -0.397 e. The van der Waals surface area contributed by atoms with Crippen molar-refractivity contribution in [3.63, 3.8) is 0 Å². The summed E-state index contributed by atoms with van der Waals surface area (Å²) in [5.41, 5.74) is 7.91. The van der Waals surface area contributed by atoms with Crippen molar-refractivity contribution in [1.82, 2.24) is 9.21 Å². The summed E-state index contributed by atoms with van der Waals surface area (Å²) in [4.78, 5) is 2.53. The number of nitrogens with zero attached hydrogens (tertiary/aromatic N) is 2.